The zero-order valence-electron chi connectivity index (χ0n) is 9.18. The quantitative estimate of drug-likeness (QED) is 0.736. The number of hydrogen-bond donors (Lipinski definition) is 0. The van der Waals surface area contributed by atoms with Crippen molar-refractivity contribution in [1.82, 2.24) is 9.78 Å². The van der Waals surface area contributed by atoms with Crippen LogP contribution in [0.4, 0.5) is 0 Å². The maximum Gasteiger partial charge on any atom is 0.150 e. The Morgan fingerprint density at radius 2 is 2.25 bits per heavy atom. The Balaban J connectivity index is 2.56. The zero-order chi connectivity index (χ0) is 11.5. The van der Waals surface area contributed by atoms with Gasteiger partial charge in [0, 0.05) is 29.9 Å². The van der Waals surface area contributed by atoms with Crippen molar-refractivity contribution in [3.63, 3.8) is 0 Å². The van der Waals surface area contributed by atoms with E-state index in [-0.39, 0.29) is 0 Å². The largest absolute Gasteiger partial charge is 0.496 e. The second kappa shape index (κ2) is 4.18. The van der Waals surface area contributed by atoms with E-state index in [0.717, 1.165) is 23.2 Å². The number of carbonyl (C=O) groups is 1. The van der Waals surface area contributed by atoms with Crippen molar-refractivity contribution >= 4 is 6.29 Å². The molecule has 0 amide bonds. The highest BCUT2D eigenvalue weighted by Gasteiger charge is 2.08. The van der Waals surface area contributed by atoms with Crippen molar-refractivity contribution in [1.29, 1.82) is 0 Å². The fourth-order valence-corrected chi connectivity index (χ4v) is 1.58. The minimum absolute atomic E-state index is 0.625. The SMILES string of the molecule is COc1ccc(C=O)cc1-c1cnn(C)c1. The normalized spacial score (nSPS) is 10.1. The minimum Gasteiger partial charge on any atom is -0.496 e. The summed E-state index contributed by atoms with van der Waals surface area (Å²) < 4.78 is 6.97. The molecule has 0 atom stereocenters. The molecule has 0 saturated heterocycles. The summed E-state index contributed by atoms with van der Waals surface area (Å²) in [5, 5.41) is 4.10. The van der Waals surface area contributed by atoms with E-state index in [1.807, 2.05) is 13.2 Å². The Bertz CT molecular complexity index is 517. The summed E-state index contributed by atoms with van der Waals surface area (Å²) in [4.78, 5) is 10.7. The molecule has 82 valence electrons. The number of methoxy groups -OCH3 is 1. The highest BCUT2D eigenvalue weighted by Crippen LogP contribution is 2.29. The van der Waals surface area contributed by atoms with E-state index >= 15 is 0 Å². The van der Waals surface area contributed by atoms with Crippen molar-refractivity contribution in [2.24, 2.45) is 7.05 Å². The van der Waals surface area contributed by atoms with Crippen molar-refractivity contribution in [2.45, 2.75) is 0 Å². The predicted octanol–water partition coefficient (Wildman–Crippen LogP) is 1.91. The van der Waals surface area contributed by atoms with E-state index in [1.165, 1.54) is 0 Å². The number of carbonyl (C=O) groups excluding carboxylic acids is 1. The third-order valence-corrected chi connectivity index (χ3v) is 2.38. The average Bonchev–Trinajstić information content (AvgIpc) is 2.75. The predicted molar refractivity (Wildman–Crippen MR) is 60.6 cm³/mol. The van der Waals surface area contributed by atoms with E-state index in [4.69, 9.17) is 4.74 Å². The fraction of sp³-hybridized carbons (Fsp3) is 0.167. The van der Waals surface area contributed by atoms with Crippen LogP contribution in [0.3, 0.4) is 0 Å². The summed E-state index contributed by atoms with van der Waals surface area (Å²) >= 11 is 0. The van der Waals surface area contributed by atoms with Crippen LogP contribution in [-0.2, 0) is 7.05 Å². The molecule has 1 aromatic carbocycles. The molecule has 0 radical (unpaired) electrons. The molecule has 1 aromatic heterocycles. The van der Waals surface area contributed by atoms with Gasteiger partial charge in [-0.25, -0.2) is 0 Å². The maximum absolute atomic E-state index is 10.7. The first-order valence-corrected chi connectivity index (χ1v) is 4.87. The van der Waals surface area contributed by atoms with Crippen molar-refractivity contribution in [2.75, 3.05) is 7.11 Å². The molecule has 0 aliphatic heterocycles. The standard InChI is InChI=1S/C12H12N2O2/c1-14-7-10(6-13-14)11-5-9(8-15)3-4-12(11)16-2/h3-8H,1-2H3. The first-order valence-electron chi connectivity index (χ1n) is 4.87. The second-order valence-corrected chi connectivity index (χ2v) is 3.48. The Morgan fingerprint density at radius 1 is 1.44 bits per heavy atom. The summed E-state index contributed by atoms with van der Waals surface area (Å²) in [5.41, 5.74) is 2.43. The first kappa shape index (κ1) is 10.4. The van der Waals surface area contributed by atoms with E-state index < -0.39 is 0 Å². The van der Waals surface area contributed by atoms with Crippen LogP contribution < -0.4 is 4.74 Å². The lowest BCUT2D eigenvalue weighted by molar-refractivity contribution is 0.112. The number of ether oxygens (including phenoxy) is 1. The van der Waals surface area contributed by atoms with Crippen LogP contribution in [0.25, 0.3) is 11.1 Å². The molecule has 0 aliphatic rings. The number of aldehydes is 1. The lowest BCUT2D eigenvalue weighted by Gasteiger charge is -2.06. The van der Waals surface area contributed by atoms with Gasteiger partial charge in [0.05, 0.1) is 13.3 Å². The molecule has 4 nitrogen and oxygen atoms in total. The van der Waals surface area contributed by atoms with Gasteiger partial charge in [0.15, 0.2) is 0 Å². The Morgan fingerprint density at radius 3 is 2.81 bits per heavy atom. The molecule has 0 bridgehead atoms. The summed E-state index contributed by atoms with van der Waals surface area (Å²) in [7, 11) is 3.45. The molecule has 0 saturated carbocycles. The topological polar surface area (TPSA) is 44.1 Å². The number of rotatable bonds is 3. The van der Waals surface area contributed by atoms with Crippen molar-refractivity contribution in [3.8, 4) is 16.9 Å². The van der Waals surface area contributed by atoms with E-state index in [1.54, 1.807) is 36.2 Å². The van der Waals surface area contributed by atoms with Crippen LogP contribution >= 0.6 is 0 Å². The molecule has 0 unspecified atom stereocenters. The van der Waals surface area contributed by atoms with Crippen LogP contribution in [0.1, 0.15) is 10.4 Å². The van der Waals surface area contributed by atoms with Crippen molar-refractivity contribution < 1.29 is 9.53 Å². The van der Waals surface area contributed by atoms with Crippen LogP contribution in [-0.4, -0.2) is 23.2 Å². The van der Waals surface area contributed by atoms with E-state index in [0.29, 0.717) is 5.56 Å². The smallest absolute Gasteiger partial charge is 0.150 e. The highest BCUT2D eigenvalue weighted by molar-refractivity contribution is 5.81. The molecule has 0 fully saturated rings. The zero-order valence-corrected chi connectivity index (χ0v) is 9.18. The van der Waals surface area contributed by atoms with E-state index in [9.17, 15) is 4.79 Å². The van der Waals surface area contributed by atoms with Crippen LogP contribution in [0.2, 0.25) is 0 Å². The molecule has 0 spiro atoms. The van der Waals surface area contributed by atoms with Gasteiger partial charge >= 0.3 is 0 Å². The molecule has 2 aromatic rings. The molecule has 4 heteroatoms. The van der Waals surface area contributed by atoms with E-state index in [2.05, 4.69) is 5.10 Å². The molecule has 0 aliphatic carbocycles. The monoisotopic (exact) mass is 216 g/mol. The number of benzene rings is 1. The number of hydrogen-bond acceptors (Lipinski definition) is 3. The van der Waals surface area contributed by atoms with Gasteiger partial charge in [-0.2, -0.15) is 5.10 Å². The van der Waals surface area contributed by atoms with Gasteiger partial charge < -0.3 is 4.74 Å². The Labute approximate surface area is 93.5 Å². The summed E-state index contributed by atoms with van der Waals surface area (Å²) in [6, 6.07) is 5.31. The van der Waals surface area contributed by atoms with Crippen LogP contribution in [0, 0.1) is 0 Å². The maximum atomic E-state index is 10.7. The highest BCUT2D eigenvalue weighted by atomic mass is 16.5. The second-order valence-electron chi connectivity index (χ2n) is 3.48. The molecule has 1 heterocycles. The average molecular weight is 216 g/mol. The molecular weight excluding hydrogens is 204 g/mol. The van der Waals surface area contributed by atoms with Gasteiger partial charge in [-0.1, -0.05) is 0 Å². The molecule has 2 rings (SSSR count). The third-order valence-electron chi connectivity index (χ3n) is 2.38. The Hall–Kier alpha value is -2.10. The fourth-order valence-electron chi connectivity index (χ4n) is 1.58. The first-order chi connectivity index (χ1) is 7.74. The van der Waals surface area contributed by atoms with Crippen molar-refractivity contribution in [3.05, 3.63) is 36.2 Å². The van der Waals surface area contributed by atoms with Crippen LogP contribution in [0.5, 0.6) is 5.75 Å². The third kappa shape index (κ3) is 1.82. The van der Waals surface area contributed by atoms with Gasteiger partial charge in [0.25, 0.3) is 0 Å². The minimum atomic E-state index is 0.625. The number of aryl methyl sites for hydroxylation is 1. The van der Waals surface area contributed by atoms with Gasteiger partial charge in [0.1, 0.15) is 12.0 Å². The lowest BCUT2D eigenvalue weighted by Crippen LogP contribution is -1.89. The molecule has 16 heavy (non-hydrogen) atoms. The van der Waals surface area contributed by atoms with Gasteiger partial charge in [-0.05, 0) is 18.2 Å². The molecule has 0 N–H and O–H groups in total. The summed E-state index contributed by atoms with van der Waals surface area (Å²) in [6.07, 6.45) is 4.44. The van der Waals surface area contributed by atoms with Gasteiger partial charge in [0.2, 0.25) is 0 Å². The summed E-state index contributed by atoms with van der Waals surface area (Å²) in [6.45, 7) is 0. The van der Waals surface area contributed by atoms with Gasteiger partial charge in [-0.3, -0.25) is 9.48 Å². The van der Waals surface area contributed by atoms with Crippen LogP contribution in [0.15, 0.2) is 30.6 Å². The number of nitrogens with zero attached hydrogens (tertiary/aromatic N) is 2. The molecular formula is C12H12N2O2. The number of aromatic nitrogens is 2. The summed E-state index contributed by atoms with van der Waals surface area (Å²) in [5.74, 6) is 0.735. The lowest BCUT2D eigenvalue weighted by atomic mass is 10.1. The Kier molecular flexibility index (Phi) is 2.72. The van der Waals surface area contributed by atoms with Gasteiger partial charge in [-0.15, -0.1) is 0 Å².